The largest absolute Gasteiger partial charge is 0.382 e. The maximum absolute atomic E-state index is 11.8. The number of piperidine rings is 1. The quantitative estimate of drug-likeness (QED) is 0.865. The molecular formula is C16H24N2O2. The van der Waals surface area contributed by atoms with Crippen molar-refractivity contribution in [2.45, 2.75) is 32.3 Å². The van der Waals surface area contributed by atoms with Gasteiger partial charge in [-0.25, -0.2) is 0 Å². The molecule has 1 aliphatic rings. The van der Waals surface area contributed by atoms with Crippen molar-refractivity contribution in [3.05, 3.63) is 35.4 Å². The molecule has 20 heavy (non-hydrogen) atoms. The van der Waals surface area contributed by atoms with Crippen LogP contribution >= 0.6 is 0 Å². The standard InChI is InChI=1S/C16H24N2O2/c1-12-2-4-13(5-3-12)10-14-6-8-18(9-7-14)16(20)15(19)11-17/h2-5,14-15,19H,6-11,17H2,1H3. The van der Waals surface area contributed by atoms with Crippen LogP contribution in [0, 0.1) is 12.8 Å². The second-order valence-electron chi connectivity index (χ2n) is 5.71. The molecule has 4 heteroatoms. The van der Waals surface area contributed by atoms with E-state index < -0.39 is 6.10 Å². The number of aliphatic hydroxyl groups is 1. The molecule has 0 saturated carbocycles. The lowest BCUT2D eigenvalue weighted by Crippen LogP contribution is -2.46. The maximum atomic E-state index is 11.8. The number of aryl methyl sites for hydroxylation is 1. The SMILES string of the molecule is Cc1ccc(CC2CCN(C(=O)C(O)CN)CC2)cc1. The highest BCUT2D eigenvalue weighted by Crippen LogP contribution is 2.22. The lowest BCUT2D eigenvalue weighted by molar-refractivity contribution is -0.141. The first-order valence-corrected chi connectivity index (χ1v) is 7.32. The minimum atomic E-state index is -1.04. The normalized spacial score (nSPS) is 18.1. The Morgan fingerprint density at radius 2 is 1.95 bits per heavy atom. The molecule has 1 heterocycles. The molecule has 1 saturated heterocycles. The summed E-state index contributed by atoms with van der Waals surface area (Å²) >= 11 is 0. The third kappa shape index (κ3) is 3.81. The second kappa shape index (κ2) is 6.86. The van der Waals surface area contributed by atoms with Gasteiger partial charge in [0.15, 0.2) is 0 Å². The Morgan fingerprint density at radius 1 is 1.35 bits per heavy atom. The first-order chi connectivity index (χ1) is 9.60. The Bertz CT molecular complexity index is 436. The lowest BCUT2D eigenvalue weighted by Gasteiger charge is -2.33. The van der Waals surface area contributed by atoms with E-state index in [1.165, 1.54) is 11.1 Å². The van der Waals surface area contributed by atoms with Crippen LogP contribution in [-0.4, -0.2) is 41.7 Å². The van der Waals surface area contributed by atoms with Gasteiger partial charge in [-0.3, -0.25) is 4.79 Å². The molecule has 0 bridgehead atoms. The van der Waals surface area contributed by atoms with E-state index in [-0.39, 0.29) is 12.5 Å². The molecule has 0 aliphatic carbocycles. The highest BCUT2D eigenvalue weighted by Gasteiger charge is 2.26. The number of nitrogens with zero attached hydrogens (tertiary/aromatic N) is 1. The van der Waals surface area contributed by atoms with Gasteiger partial charge in [0.25, 0.3) is 5.91 Å². The summed E-state index contributed by atoms with van der Waals surface area (Å²) in [6.07, 6.45) is 2.03. The van der Waals surface area contributed by atoms with Crippen LogP contribution in [0.4, 0.5) is 0 Å². The molecule has 2 rings (SSSR count). The van der Waals surface area contributed by atoms with Gasteiger partial charge < -0.3 is 15.7 Å². The number of benzene rings is 1. The van der Waals surface area contributed by atoms with Gasteiger partial charge in [0.1, 0.15) is 6.10 Å². The molecule has 4 nitrogen and oxygen atoms in total. The highest BCUT2D eigenvalue weighted by atomic mass is 16.3. The monoisotopic (exact) mass is 276 g/mol. The molecular weight excluding hydrogens is 252 g/mol. The fraction of sp³-hybridized carbons (Fsp3) is 0.562. The van der Waals surface area contributed by atoms with Crippen molar-refractivity contribution in [2.24, 2.45) is 11.7 Å². The summed E-state index contributed by atoms with van der Waals surface area (Å²) in [5.41, 5.74) is 7.97. The number of rotatable bonds is 4. The van der Waals surface area contributed by atoms with Crippen molar-refractivity contribution >= 4 is 5.91 Å². The average molecular weight is 276 g/mol. The molecule has 110 valence electrons. The van der Waals surface area contributed by atoms with E-state index in [0.29, 0.717) is 5.92 Å². The van der Waals surface area contributed by atoms with Crippen LogP contribution in [0.3, 0.4) is 0 Å². The molecule has 0 aromatic heterocycles. The smallest absolute Gasteiger partial charge is 0.252 e. The van der Waals surface area contributed by atoms with Crippen LogP contribution in [0.1, 0.15) is 24.0 Å². The third-order valence-electron chi connectivity index (χ3n) is 4.08. The van der Waals surface area contributed by atoms with E-state index >= 15 is 0 Å². The second-order valence-corrected chi connectivity index (χ2v) is 5.71. The Morgan fingerprint density at radius 3 is 2.50 bits per heavy atom. The molecule has 0 radical (unpaired) electrons. The van der Waals surface area contributed by atoms with Crippen molar-refractivity contribution in [2.75, 3.05) is 19.6 Å². The van der Waals surface area contributed by atoms with Crippen molar-refractivity contribution < 1.29 is 9.90 Å². The van der Waals surface area contributed by atoms with Crippen LogP contribution in [-0.2, 0) is 11.2 Å². The molecule has 3 N–H and O–H groups in total. The van der Waals surface area contributed by atoms with Crippen molar-refractivity contribution in [3.8, 4) is 0 Å². The molecule has 1 unspecified atom stereocenters. The predicted octanol–water partition coefficient (Wildman–Crippen LogP) is 1.10. The molecule has 1 aromatic rings. The summed E-state index contributed by atoms with van der Waals surface area (Å²) in [7, 11) is 0. The average Bonchev–Trinajstić information content (AvgIpc) is 2.49. The van der Waals surface area contributed by atoms with Crippen LogP contribution in [0.2, 0.25) is 0 Å². The summed E-state index contributed by atoms with van der Waals surface area (Å²) in [6.45, 7) is 3.55. The fourth-order valence-corrected chi connectivity index (χ4v) is 2.73. The molecule has 1 atom stereocenters. The van der Waals surface area contributed by atoms with E-state index in [0.717, 1.165) is 32.4 Å². The maximum Gasteiger partial charge on any atom is 0.252 e. The van der Waals surface area contributed by atoms with E-state index in [1.54, 1.807) is 4.90 Å². The zero-order valence-corrected chi connectivity index (χ0v) is 12.1. The van der Waals surface area contributed by atoms with Crippen LogP contribution in [0.25, 0.3) is 0 Å². The van der Waals surface area contributed by atoms with E-state index in [1.807, 2.05) is 0 Å². The molecule has 1 amide bonds. The van der Waals surface area contributed by atoms with Gasteiger partial charge >= 0.3 is 0 Å². The number of aliphatic hydroxyl groups excluding tert-OH is 1. The zero-order chi connectivity index (χ0) is 14.5. The van der Waals surface area contributed by atoms with Gasteiger partial charge in [0.05, 0.1) is 0 Å². The lowest BCUT2D eigenvalue weighted by atomic mass is 9.90. The predicted molar refractivity (Wildman–Crippen MR) is 79.2 cm³/mol. The van der Waals surface area contributed by atoms with Crippen molar-refractivity contribution in [1.82, 2.24) is 4.90 Å². The first kappa shape index (κ1) is 15.0. The van der Waals surface area contributed by atoms with E-state index in [4.69, 9.17) is 5.73 Å². The number of hydrogen-bond donors (Lipinski definition) is 2. The van der Waals surface area contributed by atoms with Crippen molar-refractivity contribution in [1.29, 1.82) is 0 Å². The van der Waals surface area contributed by atoms with Gasteiger partial charge in [-0.1, -0.05) is 29.8 Å². The Balaban J connectivity index is 1.82. The minimum absolute atomic E-state index is 0.00211. The number of hydrogen-bond acceptors (Lipinski definition) is 3. The van der Waals surface area contributed by atoms with Crippen LogP contribution in [0.15, 0.2) is 24.3 Å². The van der Waals surface area contributed by atoms with Crippen LogP contribution < -0.4 is 5.73 Å². The molecule has 1 aromatic carbocycles. The van der Waals surface area contributed by atoms with Gasteiger partial charge in [0, 0.05) is 19.6 Å². The highest BCUT2D eigenvalue weighted by molar-refractivity contribution is 5.80. The summed E-state index contributed by atoms with van der Waals surface area (Å²) in [6, 6.07) is 8.66. The number of amides is 1. The number of nitrogens with two attached hydrogens (primary N) is 1. The molecule has 0 spiro atoms. The summed E-state index contributed by atoms with van der Waals surface area (Å²) in [4.78, 5) is 13.6. The van der Waals surface area contributed by atoms with Crippen LogP contribution in [0.5, 0.6) is 0 Å². The van der Waals surface area contributed by atoms with Gasteiger partial charge in [-0.05, 0) is 37.7 Å². The minimum Gasteiger partial charge on any atom is -0.382 e. The Labute approximate surface area is 120 Å². The molecule has 1 aliphatic heterocycles. The van der Waals surface area contributed by atoms with E-state index in [9.17, 15) is 9.90 Å². The van der Waals surface area contributed by atoms with E-state index in [2.05, 4.69) is 31.2 Å². The zero-order valence-electron chi connectivity index (χ0n) is 12.1. The summed E-state index contributed by atoms with van der Waals surface area (Å²) < 4.78 is 0. The van der Waals surface area contributed by atoms with Gasteiger partial charge in [0.2, 0.25) is 0 Å². The number of likely N-dealkylation sites (tertiary alicyclic amines) is 1. The molecule has 1 fully saturated rings. The van der Waals surface area contributed by atoms with Gasteiger partial charge in [-0.15, -0.1) is 0 Å². The number of carbonyl (C=O) groups excluding carboxylic acids is 1. The summed E-state index contributed by atoms with van der Waals surface area (Å²) in [5, 5.41) is 9.49. The fourth-order valence-electron chi connectivity index (χ4n) is 2.73. The summed E-state index contributed by atoms with van der Waals surface area (Å²) in [5.74, 6) is 0.401. The Kier molecular flexibility index (Phi) is 5.15. The number of carbonyl (C=O) groups is 1. The Hall–Kier alpha value is -1.39. The third-order valence-corrected chi connectivity index (χ3v) is 4.08. The van der Waals surface area contributed by atoms with Crippen molar-refractivity contribution in [3.63, 3.8) is 0 Å². The van der Waals surface area contributed by atoms with Gasteiger partial charge in [-0.2, -0.15) is 0 Å². The topological polar surface area (TPSA) is 66.6 Å². The first-order valence-electron chi connectivity index (χ1n) is 7.32.